The van der Waals surface area contributed by atoms with E-state index in [4.69, 9.17) is 4.74 Å². The predicted molar refractivity (Wildman–Crippen MR) is 50.7 cm³/mol. The van der Waals surface area contributed by atoms with Gasteiger partial charge in [0, 0.05) is 12.6 Å². The number of likely N-dealkylation sites (N-methyl/N-ethyl adjacent to an activating group) is 1. The van der Waals surface area contributed by atoms with Crippen LogP contribution in [0.1, 0.15) is 26.2 Å². The Bertz CT molecular complexity index is 158. The monoisotopic (exact) mass is 186 g/mol. The van der Waals surface area contributed by atoms with Gasteiger partial charge in [-0.1, -0.05) is 6.92 Å². The molecular formula is C9H18N2O2. The van der Waals surface area contributed by atoms with Gasteiger partial charge in [-0.15, -0.1) is 0 Å². The summed E-state index contributed by atoms with van der Waals surface area (Å²) in [6, 6.07) is 0.367. The molecule has 0 heterocycles. The number of hydrogen-bond acceptors (Lipinski definition) is 3. The first kappa shape index (κ1) is 10.3. The number of hydrogen-bond donors (Lipinski definition) is 2. The van der Waals surface area contributed by atoms with Gasteiger partial charge in [-0.2, -0.15) is 0 Å². The normalized spacial score (nSPS) is 16.4. The first-order chi connectivity index (χ1) is 6.33. The minimum Gasteiger partial charge on any atom is -0.448 e. The second-order valence-corrected chi connectivity index (χ2v) is 3.26. The van der Waals surface area contributed by atoms with Gasteiger partial charge in [0.2, 0.25) is 0 Å². The number of alkyl carbamates (subject to hydrolysis) is 1. The van der Waals surface area contributed by atoms with E-state index in [0.717, 1.165) is 25.9 Å². The van der Waals surface area contributed by atoms with Gasteiger partial charge >= 0.3 is 6.09 Å². The molecule has 0 unspecified atom stereocenters. The van der Waals surface area contributed by atoms with Crippen molar-refractivity contribution in [3.8, 4) is 0 Å². The molecule has 2 N–H and O–H groups in total. The van der Waals surface area contributed by atoms with Gasteiger partial charge in [0.15, 0.2) is 0 Å². The average Bonchev–Trinajstić information content (AvgIpc) is 2.06. The minimum absolute atomic E-state index is 0.275. The fourth-order valence-electron chi connectivity index (χ4n) is 1.15. The van der Waals surface area contributed by atoms with Crippen LogP contribution in [-0.2, 0) is 4.74 Å². The van der Waals surface area contributed by atoms with Crippen LogP contribution in [-0.4, -0.2) is 31.8 Å². The Morgan fingerprint density at radius 2 is 2.31 bits per heavy atom. The van der Waals surface area contributed by atoms with E-state index >= 15 is 0 Å². The maximum Gasteiger partial charge on any atom is 0.407 e. The lowest BCUT2D eigenvalue weighted by molar-refractivity contribution is 0.137. The number of carbonyl (C=O) groups excluding carboxylic acids is 1. The molecule has 1 rings (SSSR count). The van der Waals surface area contributed by atoms with Crippen molar-refractivity contribution in [2.75, 3.05) is 19.7 Å². The Kier molecular flexibility index (Phi) is 4.60. The summed E-state index contributed by atoms with van der Waals surface area (Å²) < 4.78 is 4.94. The molecule has 0 radical (unpaired) electrons. The third kappa shape index (κ3) is 4.12. The van der Waals surface area contributed by atoms with Gasteiger partial charge in [-0.25, -0.2) is 4.79 Å². The van der Waals surface area contributed by atoms with E-state index in [2.05, 4.69) is 10.6 Å². The lowest BCUT2D eigenvalue weighted by atomic mass is 9.93. The molecule has 1 saturated carbocycles. The van der Waals surface area contributed by atoms with Crippen molar-refractivity contribution in [1.29, 1.82) is 0 Å². The SMILES string of the molecule is CCNCCOC(=O)NC1CCC1. The average molecular weight is 186 g/mol. The van der Waals surface area contributed by atoms with E-state index in [0.29, 0.717) is 12.6 Å². The number of rotatable bonds is 5. The number of amides is 1. The van der Waals surface area contributed by atoms with E-state index < -0.39 is 0 Å². The lowest BCUT2D eigenvalue weighted by Gasteiger charge is -2.25. The van der Waals surface area contributed by atoms with Crippen molar-refractivity contribution in [1.82, 2.24) is 10.6 Å². The van der Waals surface area contributed by atoms with Crippen LogP contribution >= 0.6 is 0 Å². The molecule has 1 amide bonds. The second kappa shape index (κ2) is 5.80. The fraction of sp³-hybridized carbons (Fsp3) is 0.889. The first-order valence-corrected chi connectivity index (χ1v) is 4.97. The second-order valence-electron chi connectivity index (χ2n) is 3.26. The summed E-state index contributed by atoms with van der Waals surface area (Å²) in [5.41, 5.74) is 0. The molecule has 76 valence electrons. The maximum atomic E-state index is 11.0. The van der Waals surface area contributed by atoms with Crippen LogP contribution in [0.4, 0.5) is 4.79 Å². The highest BCUT2D eigenvalue weighted by atomic mass is 16.5. The largest absolute Gasteiger partial charge is 0.448 e. The van der Waals surface area contributed by atoms with Crippen LogP contribution < -0.4 is 10.6 Å². The number of ether oxygens (including phenoxy) is 1. The zero-order valence-electron chi connectivity index (χ0n) is 8.14. The van der Waals surface area contributed by atoms with Crippen molar-refractivity contribution in [2.45, 2.75) is 32.2 Å². The maximum absolute atomic E-state index is 11.0. The molecule has 4 heteroatoms. The highest BCUT2D eigenvalue weighted by Gasteiger charge is 2.19. The minimum atomic E-state index is -0.275. The molecule has 0 aliphatic heterocycles. The van der Waals surface area contributed by atoms with Crippen LogP contribution in [0.15, 0.2) is 0 Å². The Labute approximate surface area is 79.0 Å². The van der Waals surface area contributed by atoms with Gasteiger partial charge in [-0.05, 0) is 25.8 Å². The smallest absolute Gasteiger partial charge is 0.407 e. The standard InChI is InChI=1S/C9H18N2O2/c1-2-10-6-7-13-9(12)11-8-4-3-5-8/h8,10H,2-7H2,1H3,(H,11,12). The molecule has 1 aliphatic rings. The Morgan fingerprint density at radius 1 is 1.54 bits per heavy atom. The quantitative estimate of drug-likeness (QED) is 0.626. The summed E-state index contributed by atoms with van der Waals surface area (Å²) in [5.74, 6) is 0. The molecule has 0 aromatic rings. The molecule has 0 aromatic carbocycles. The summed E-state index contributed by atoms with van der Waals surface area (Å²) in [4.78, 5) is 11.0. The fourth-order valence-corrected chi connectivity index (χ4v) is 1.15. The number of carbonyl (C=O) groups is 1. The molecule has 0 bridgehead atoms. The van der Waals surface area contributed by atoms with Gasteiger partial charge < -0.3 is 15.4 Å². The van der Waals surface area contributed by atoms with E-state index in [1.807, 2.05) is 6.92 Å². The molecule has 0 aromatic heterocycles. The molecule has 0 atom stereocenters. The molecule has 13 heavy (non-hydrogen) atoms. The van der Waals surface area contributed by atoms with E-state index in [1.165, 1.54) is 6.42 Å². The molecule has 1 aliphatic carbocycles. The van der Waals surface area contributed by atoms with Crippen molar-refractivity contribution >= 4 is 6.09 Å². The zero-order chi connectivity index (χ0) is 9.52. The summed E-state index contributed by atoms with van der Waals surface area (Å²) in [6.07, 6.45) is 3.15. The van der Waals surface area contributed by atoms with Crippen LogP contribution in [0.2, 0.25) is 0 Å². The van der Waals surface area contributed by atoms with Crippen LogP contribution in [0.25, 0.3) is 0 Å². The summed E-state index contributed by atoms with van der Waals surface area (Å²) in [5, 5.41) is 5.88. The summed E-state index contributed by atoms with van der Waals surface area (Å²) >= 11 is 0. The Balaban J connectivity index is 1.91. The van der Waals surface area contributed by atoms with Gasteiger partial charge in [-0.3, -0.25) is 0 Å². The first-order valence-electron chi connectivity index (χ1n) is 4.97. The van der Waals surface area contributed by atoms with Gasteiger partial charge in [0.1, 0.15) is 6.61 Å². The number of nitrogens with one attached hydrogen (secondary N) is 2. The van der Waals surface area contributed by atoms with Crippen molar-refractivity contribution < 1.29 is 9.53 Å². The molecule has 4 nitrogen and oxygen atoms in total. The Hall–Kier alpha value is -0.770. The van der Waals surface area contributed by atoms with E-state index in [9.17, 15) is 4.79 Å². The van der Waals surface area contributed by atoms with Crippen LogP contribution in [0, 0.1) is 0 Å². The van der Waals surface area contributed by atoms with Crippen LogP contribution in [0.3, 0.4) is 0 Å². The summed E-state index contributed by atoms with van der Waals surface area (Å²) in [6.45, 7) is 4.11. The van der Waals surface area contributed by atoms with Crippen LogP contribution in [0.5, 0.6) is 0 Å². The molecule has 0 spiro atoms. The zero-order valence-corrected chi connectivity index (χ0v) is 8.14. The molecular weight excluding hydrogens is 168 g/mol. The van der Waals surface area contributed by atoms with E-state index in [-0.39, 0.29) is 6.09 Å². The molecule has 0 saturated heterocycles. The van der Waals surface area contributed by atoms with Crippen molar-refractivity contribution in [3.05, 3.63) is 0 Å². The van der Waals surface area contributed by atoms with E-state index in [1.54, 1.807) is 0 Å². The highest BCUT2D eigenvalue weighted by molar-refractivity contribution is 5.67. The van der Waals surface area contributed by atoms with Gasteiger partial charge in [0.25, 0.3) is 0 Å². The highest BCUT2D eigenvalue weighted by Crippen LogP contribution is 2.17. The van der Waals surface area contributed by atoms with Gasteiger partial charge in [0.05, 0.1) is 0 Å². The topological polar surface area (TPSA) is 50.4 Å². The summed E-state index contributed by atoms with van der Waals surface area (Å²) in [7, 11) is 0. The Morgan fingerprint density at radius 3 is 2.85 bits per heavy atom. The van der Waals surface area contributed by atoms with Crippen molar-refractivity contribution in [2.24, 2.45) is 0 Å². The predicted octanol–water partition coefficient (Wildman–Crippen LogP) is 0.875. The lowest BCUT2D eigenvalue weighted by Crippen LogP contribution is -2.40. The van der Waals surface area contributed by atoms with Crippen molar-refractivity contribution in [3.63, 3.8) is 0 Å². The third-order valence-corrected chi connectivity index (χ3v) is 2.19. The third-order valence-electron chi connectivity index (χ3n) is 2.19. The molecule has 1 fully saturated rings.